The molecule has 2 aliphatic rings. The second-order valence-electron chi connectivity index (χ2n) is 7.31. The molecule has 2 aliphatic heterocycles. The molecule has 28 heavy (non-hydrogen) atoms. The number of fused-ring (bicyclic) bond motifs is 2. The van der Waals surface area contributed by atoms with Crippen LogP contribution in [-0.4, -0.2) is 60.0 Å². The van der Waals surface area contributed by atoms with Crippen LogP contribution in [0.4, 0.5) is 5.82 Å². The molecule has 0 unspecified atom stereocenters. The van der Waals surface area contributed by atoms with Crippen molar-refractivity contribution >= 4 is 11.7 Å². The average molecular weight is 381 g/mol. The van der Waals surface area contributed by atoms with Crippen LogP contribution in [0.1, 0.15) is 29.6 Å². The summed E-state index contributed by atoms with van der Waals surface area (Å²) in [6.07, 6.45) is 0.778. The number of likely N-dealkylation sites (N-methyl/N-ethyl adjacent to an activating group) is 1. The summed E-state index contributed by atoms with van der Waals surface area (Å²) in [5.41, 5.74) is 3.31. The molecule has 7 nitrogen and oxygen atoms in total. The summed E-state index contributed by atoms with van der Waals surface area (Å²) < 4.78 is 5.99. The summed E-state index contributed by atoms with van der Waals surface area (Å²) >= 11 is 0. The molecule has 148 valence electrons. The van der Waals surface area contributed by atoms with E-state index >= 15 is 0 Å². The molecule has 0 bridgehead atoms. The second-order valence-corrected chi connectivity index (χ2v) is 7.31. The third-order valence-corrected chi connectivity index (χ3v) is 5.30. The Labute approximate surface area is 165 Å². The zero-order valence-corrected chi connectivity index (χ0v) is 16.6. The van der Waals surface area contributed by atoms with Gasteiger partial charge in [0.05, 0.1) is 12.2 Å². The van der Waals surface area contributed by atoms with Gasteiger partial charge < -0.3 is 15.0 Å². The van der Waals surface area contributed by atoms with Gasteiger partial charge in [-0.15, -0.1) is 0 Å². The average Bonchev–Trinajstić information content (AvgIpc) is 2.88. The van der Waals surface area contributed by atoms with E-state index in [4.69, 9.17) is 9.72 Å². The van der Waals surface area contributed by atoms with Gasteiger partial charge >= 0.3 is 0 Å². The number of amides is 1. The van der Waals surface area contributed by atoms with Crippen LogP contribution in [0.15, 0.2) is 24.3 Å². The summed E-state index contributed by atoms with van der Waals surface area (Å²) in [6, 6.07) is 8.17. The van der Waals surface area contributed by atoms with Gasteiger partial charge in [-0.25, -0.2) is 9.97 Å². The number of ether oxygens (including phenoxy) is 1. The van der Waals surface area contributed by atoms with Crippen molar-refractivity contribution in [2.24, 2.45) is 0 Å². The highest BCUT2D eigenvalue weighted by Gasteiger charge is 2.26. The molecule has 1 saturated heterocycles. The van der Waals surface area contributed by atoms with Crippen LogP contribution in [0, 0.1) is 6.92 Å². The molecule has 1 fully saturated rings. The van der Waals surface area contributed by atoms with Crippen molar-refractivity contribution < 1.29 is 9.53 Å². The molecule has 0 aliphatic carbocycles. The van der Waals surface area contributed by atoms with Crippen molar-refractivity contribution in [2.45, 2.75) is 26.9 Å². The lowest BCUT2D eigenvalue weighted by atomic mass is 10.0. The van der Waals surface area contributed by atoms with E-state index in [0.717, 1.165) is 61.2 Å². The van der Waals surface area contributed by atoms with Crippen molar-refractivity contribution in [3.05, 3.63) is 46.9 Å². The Kier molecular flexibility index (Phi) is 5.43. The Morgan fingerprint density at radius 1 is 1.18 bits per heavy atom. The first-order chi connectivity index (χ1) is 13.6. The number of para-hydroxylation sites is 1. The van der Waals surface area contributed by atoms with E-state index in [1.165, 1.54) is 5.56 Å². The number of carbonyl (C=O) groups excluding carboxylic acids is 1. The zero-order valence-electron chi connectivity index (χ0n) is 16.6. The van der Waals surface area contributed by atoms with Gasteiger partial charge in [-0.2, -0.15) is 0 Å². The molecule has 1 aromatic carbocycles. The molecule has 0 radical (unpaired) electrons. The topological polar surface area (TPSA) is 70.6 Å². The smallest absolute Gasteiger partial charge is 0.234 e. The molecule has 7 heteroatoms. The SMILES string of the molecule is CCNC(=O)CN1CCN(c2nc(C)nc3c2Cc2ccccc2OC3)CC1. The third-order valence-electron chi connectivity index (χ3n) is 5.30. The van der Waals surface area contributed by atoms with Crippen LogP contribution < -0.4 is 15.0 Å². The van der Waals surface area contributed by atoms with Crippen molar-refractivity contribution in [2.75, 3.05) is 44.2 Å². The van der Waals surface area contributed by atoms with Gasteiger partial charge in [-0.05, 0) is 25.5 Å². The molecule has 0 atom stereocenters. The van der Waals surface area contributed by atoms with Gasteiger partial charge in [0.15, 0.2) is 0 Å². The van der Waals surface area contributed by atoms with Crippen LogP contribution in [0.3, 0.4) is 0 Å². The van der Waals surface area contributed by atoms with E-state index < -0.39 is 0 Å². The lowest BCUT2D eigenvalue weighted by Crippen LogP contribution is -2.50. The maximum Gasteiger partial charge on any atom is 0.234 e. The highest BCUT2D eigenvalue weighted by molar-refractivity contribution is 5.78. The fourth-order valence-electron chi connectivity index (χ4n) is 3.90. The van der Waals surface area contributed by atoms with Crippen molar-refractivity contribution in [3.63, 3.8) is 0 Å². The fourth-order valence-corrected chi connectivity index (χ4v) is 3.90. The lowest BCUT2D eigenvalue weighted by molar-refractivity contribution is -0.122. The van der Waals surface area contributed by atoms with Crippen molar-refractivity contribution in [1.82, 2.24) is 20.2 Å². The van der Waals surface area contributed by atoms with Crippen LogP contribution >= 0.6 is 0 Å². The zero-order chi connectivity index (χ0) is 19.5. The van der Waals surface area contributed by atoms with Crippen LogP contribution in [0.25, 0.3) is 0 Å². The van der Waals surface area contributed by atoms with E-state index in [-0.39, 0.29) is 5.91 Å². The number of carbonyl (C=O) groups is 1. The monoisotopic (exact) mass is 381 g/mol. The van der Waals surface area contributed by atoms with Gasteiger partial charge in [-0.3, -0.25) is 9.69 Å². The van der Waals surface area contributed by atoms with E-state index in [1.807, 2.05) is 32.0 Å². The summed E-state index contributed by atoms with van der Waals surface area (Å²) in [4.78, 5) is 25.8. The summed E-state index contributed by atoms with van der Waals surface area (Å²) in [5, 5.41) is 2.87. The molecule has 0 saturated carbocycles. The number of hydrogen-bond acceptors (Lipinski definition) is 6. The number of aryl methyl sites for hydroxylation is 1. The third kappa shape index (κ3) is 3.94. The first-order valence-electron chi connectivity index (χ1n) is 9.95. The molecule has 0 spiro atoms. The van der Waals surface area contributed by atoms with E-state index in [9.17, 15) is 4.79 Å². The van der Waals surface area contributed by atoms with Crippen molar-refractivity contribution in [1.29, 1.82) is 0 Å². The summed E-state index contributed by atoms with van der Waals surface area (Å²) in [7, 11) is 0. The Balaban J connectivity index is 1.54. The molecular formula is C21H27N5O2. The maximum absolute atomic E-state index is 11.9. The minimum atomic E-state index is 0.0939. The molecule has 3 heterocycles. The van der Waals surface area contributed by atoms with Crippen LogP contribution in [0.5, 0.6) is 5.75 Å². The number of anilines is 1. The van der Waals surface area contributed by atoms with Gasteiger partial charge in [0.25, 0.3) is 0 Å². The maximum atomic E-state index is 11.9. The first kappa shape index (κ1) is 18.7. The number of aromatic nitrogens is 2. The Hall–Kier alpha value is -2.67. The first-order valence-corrected chi connectivity index (χ1v) is 9.95. The summed E-state index contributed by atoms with van der Waals surface area (Å²) in [6.45, 7) is 8.89. The Morgan fingerprint density at radius 3 is 2.75 bits per heavy atom. The number of nitrogens with one attached hydrogen (secondary N) is 1. The standard InChI is InChI=1S/C21H27N5O2/c1-3-22-20(27)13-25-8-10-26(11-9-25)21-17-12-16-6-4-5-7-19(16)28-14-18(17)23-15(2)24-21/h4-7H,3,8-14H2,1-2H3,(H,22,27). The van der Waals surface area contributed by atoms with Gasteiger partial charge in [0, 0.05) is 44.7 Å². The highest BCUT2D eigenvalue weighted by atomic mass is 16.5. The number of benzene rings is 1. The Morgan fingerprint density at radius 2 is 1.96 bits per heavy atom. The van der Waals surface area contributed by atoms with Gasteiger partial charge in [0.2, 0.25) is 5.91 Å². The number of piperazine rings is 1. The molecular weight excluding hydrogens is 354 g/mol. The number of nitrogens with zero attached hydrogens (tertiary/aromatic N) is 4. The minimum Gasteiger partial charge on any atom is -0.487 e. The van der Waals surface area contributed by atoms with Gasteiger partial charge in [0.1, 0.15) is 24.0 Å². The summed E-state index contributed by atoms with van der Waals surface area (Å²) in [5.74, 6) is 2.81. The van der Waals surface area contributed by atoms with Crippen LogP contribution in [0.2, 0.25) is 0 Å². The second kappa shape index (κ2) is 8.14. The fraction of sp³-hybridized carbons (Fsp3) is 0.476. The lowest BCUT2D eigenvalue weighted by Gasteiger charge is -2.36. The Bertz CT molecular complexity index is 862. The highest BCUT2D eigenvalue weighted by Crippen LogP contribution is 2.32. The number of rotatable bonds is 4. The molecule has 1 N–H and O–H groups in total. The predicted molar refractivity (Wildman–Crippen MR) is 108 cm³/mol. The number of hydrogen-bond donors (Lipinski definition) is 1. The largest absolute Gasteiger partial charge is 0.487 e. The van der Waals surface area contributed by atoms with E-state index in [2.05, 4.69) is 26.2 Å². The van der Waals surface area contributed by atoms with Gasteiger partial charge in [-0.1, -0.05) is 18.2 Å². The molecule has 1 amide bonds. The van der Waals surface area contributed by atoms with Crippen LogP contribution in [-0.2, 0) is 17.8 Å². The van der Waals surface area contributed by atoms with E-state index in [0.29, 0.717) is 19.7 Å². The molecule has 1 aromatic heterocycles. The van der Waals surface area contributed by atoms with E-state index in [1.54, 1.807) is 0 Å². The van der Waals surface area contributed by atoms with Crippen molar-refractivity contribution in [3.8, 4) is 5.75 Å². The normalized spacial score (nSPS) is 16.6. The molecule has 4 rings (SSSR count). The predicted octanol–water partition coefficient (Wildman–Crippen LogP) is 1.53. The quantitative estimate of drug-likeness (QED) is 0.866. The molecule has 2 aromatic rings. The minimum absolute atomic E-state index is 0.0939.